The summed E-state index contributed by atoms with van der Waals surface area (Å²) in [7, 11) is 0. The molecule has 2 atom stereocenters. The molecule has 0 spiro atoms. The van der Waals surface area contributed by atoms with E-state index in [1.54, 1.807) is 6.20 Å². The number of benzene rings is 1. The van der Waals surface area contributed by atoms with Gasteiger partial charge >= 0.3 is 6.03 Å². The number of nitrogens with zero attached hydrogens (tertiary/aromatic N) is 2. The second-order valence-corrected chi connectivity index (χ2v) is 6.50. The van der Waals surface area contributed by atoms with E-state index in [4.69, 9.17) is 0 Å². The highest BCUT2D eigenvalue weighted by Crippen LogP contribution is 2.28. The molecule has 3 heterocycles. The van der Waals surface area contributed by atoms with E-state index in [-0.39, 0.29) is 30.3 Å². The molecule has 5 nitrogen and oxygen atoms in total. The molecule has 1 aromatic carbocycles. The molecular formula is C18H20ClFN4O. The fourth-order valence-electron chi connectivity index (χ4n) is 3.57. The van der Waals surface area contributed by atoms with E-state index in [9.17, 15) is 9.18 Å². The number of pyridine rings is 1. The monoisotopic (exact) mass is 362 g/mol. The summed E-state index contributed by atoms with van der Waals surface area (Å²) in [6, 6.07) is 7.75. The molecule has 4 rings (SSSR count). The number of urea groups is 1. The van der Waals surface area contributed by atoms with Crippen LogP contribution in [0.3, 0.4) is 0 Å². The Hall–Kier alpha value is -2.18. The molecule has 132 valence electrons. The molecule has 2 N–H and O–H groups in total. The average molecular weight is 363 g/mol. The first-order valence-electron chi connectivity index (χ1n) is 8.13. The summed E-state index contributed by atoms with van der Waals surface area (Å²) in [4.78, 5) is 18.3. The average Bonchev–Trinajstić information content (AvgIpc) is 3.20. The van der Waals surface area contributed by atoms with Gasteiger partial charge in [-0.25, -0.2) is 9.18 Å². The molecule has 2 amide bonds. The third-order valence-electron chi connectivity index (χ3n) is 4.82. The van der Waals surface area contributed by atoms with Crippen molar-refractivity contribution in [3.05, 3.63) is 48.0 Å². The maximum absolute atomic E-state index is 13.4. The lowest BCUT2D eigenvalue weighted by Gasteiger charge is -2.27. The van der Waals surface area contributed by atoms with Crippen molar-refractivity contribution in [3.8, 4) is 11.1 Å². The van der Waals surface area contributed by atoms with Gasteiger partial charge in [-0.1, -0.05) is 6.07 Å². The number of aryl methyl sites for hydroxylation is 1. The number of piperazine rings is 1. The minimum atomic E-state index is -0.373. The minimum Gasteiger partial charge on any atom is -0.319 e. The van der Waals surface area contributed by atoms with Crippen molar-refractivity contribution in [3.63, 3.8) is 0 Å². The molecule has 7 heteroatoms. The number of likely N-dealkylation sites (tertiary alicyclic amines) is 1. The molecule has 0 radical (unpaired) electrons. The zero-order valence-electron chi connectivity index (χ0n) is 13.8. The van der Waals surface area contributed by atoms with E-state index < -0.39 is 0 Å². The Kier molecular flexibility index (Phi) is 4.92. The van der Waals surface area contributed by atoms with E-state index in [1.807, 2.05) is 30.0 Å². The Morgan fingerprint density at radius 1 is 1.36 bits per heavy atom. The first-order chi connectivity index (χ1) is 11.6. The van der Waals surface area contributed by atoms with Gasteiger partial charge in [-0.05, 0) is 42.7 Å². The molecule has 2 saturated heterocycles. The van der Waals surface area contributed by atoms with E-state index in [0.29, 0.717) is 17.3 Å². The van der Waals surface area contributed by atoms with Gasteiger partial charge in [-0.3, -0.25) is 4.98 Å². The summed E-state index contributed by atoms with van der Waals surface area (Å²) < 4.78 is 13.4. The predicted molar refractivity (Wildman–Crippen MR) is 97.5 cm³/mol. The SMILES string of the molecule is Cc1ccc(NC(=O)N2C[C@H]3C[C@@H]2CN3)cc1-c1cncc(F)c1.Cl. The van der Waals surface area contributed by atoms with Crippen molar-refractivity contribution in [1.29, 1.82) is 0 Å². The van der Waals surface area contributed by atoms with E-state index in [0.717, 1.165) is 30.6 Å². The summed E-state index contributed by atoms with van der Waals surface area (Å²) in [6.07, 6.45) is 3.84. The minimum absolute atomic E-state index is 0. The molecule has 0 aliphatic carbocycles. The maximum atomic E-state index is 13.4. The van der Waals surface area contributed by atoms with Crippen LogP contribution in [0.2, 0.25) is 0 Å². The summed E-state index contributed by atoms with van der Waals surface area (Å²) >= 11 is 0. The largest absolute Gasteiger partial charge is 0.322 e. The molecule has 1 aromatic heterocycles. The zero-order chi connectivity index (χ0) is 16.7. The Morgan fingerprint density at radius 3 is 2.88 bits per heavy atom. The van der Waals surface area contributed by atoms with Crippen LogP contribution in [-0.2, 0) is 0 Å². The van der Waals surface area contributed by atoms with Crippen LogP contribution >= 0.6 is 12.4 Å². The standard InChI is InChI=1S/C18H19FN4O.ClH/c1-11-2-3-14(6-17(11)12-4-13(19)8-20-7-12)22-18(24)23-10-15-5-16(23)9-21-15;/h2-4,6-8,15-16,21H,5,9-10H2,1H3,(H,22,24);1H/t15-,16-;/m1./s1. The normalized spacial score (nSPS) is 21.1. The molecule has 2 aliphatic rings. The number of carbonyl (C=O) groups excluding carboxylic acids is 1. The number of anilines is 1. The molecule has 25 heavy (non-hydrogen) atoms. The van der Waals surface area contributed by atoms with Crippen LogP contribution in [0.5, 0.6) is 0 Å². The van der Waals surface area contributed by atoms with Gasteiger partial charge in [0.1, 0.15) is 5.82 Å². The fraction of sp³-hybridized carbons (Fsp3) is 0.333. The molecule has 2 fully saturated rings. The third-order valence-corrected chi connectivity index (χ3v) is 4.82. The molecular weight excluding hydrogens is 343 g/mol. The van der Waals surface area contributed by atoms with Crippen LogP contribution in [0, 0.1) is 12.7 Å². The highest BCUT2D eigenvalue weighted by Gasteiger charge is 2.40. The van der Waals surface area contributed by atoms with Gasteiger partial charge in [0.15, 0.2) is 0 Å². The number of rotatable bonds is 2. The van der Waals surface area contributed by atoms with Gasteiger partial charge in [-0.2, -0.15) is 0 Å². The highest BCUT2D eigenvalue weighted by molar-refractivity contribution is 5.91. The Labute approximate surface area is 152 Å². The van der Waals surface area contributed by atoms with Crippen LogP contribution in [0.4, 0.5) is 14.9 Å². The Balaban J connectivity index is 0.00000182. The van der Waals surface area contributed by atoms with E-state index >= 15 is 0 Å². The van der Waals surface area contributed by atoms with Crippen molar-refractivity contribution in [2.75, 3.05) is 18.4 Å². The van der Waals surface area contributed by atoms with Crippen LogP contribution in [0.15, 0.2) is 36.7 Å². The summed E-state index contributed by atoms with van der Waals surface area (Å²) in [5.74, 6) is -0.373. The Morgan fingerprint density at radius 2 is 2.20 bits per heavy atom. The van der Waals surface area contributed by atoms with Crippen LogP contribution in [-0.4, -0.2) is 41.1 Å². The third kappa shape index (κ3) is 3.45. The van der Waals surface area contributed by atoms with Crippen LogP contribution in [0.1, 0.15) is 12.0 Å². The first-order valence-corrected chi connectivity index (χ1v) is 8.13. The van der Waals surface area contributed by atoms with E-state index in [1.165, 1.54) is 12.3 Å². The van der Waals surface area contributed by atoms with Crippen molar-refractivity contribution < 1.29 is 9.18 Å². The van der Waals surface area contributed by atoms with Crippen molar-refractivity contribution in [2.45, 2.75) is 25.4 Å². The fourth-order valence-corrected chi connectivity index (χ4v) is 3.57. The number of nitrogens with one attached hydrogen (secondary N) is 2. The molecule has 0 unspecified atom stereocenters. The van der Waals surface area contributed by atoms with Gasteiger partial charge in [0, 0.05) is 42.6 Å². The second-order valence-electron chi connectivity index (χ2n) is 6.50. The lowest BCUT2D eigenvalue weighted by Crippen LogP contribution is -2.48. The van der Waals surface area contributed by atoms with Gasteiger partial charge < -0.3 is 15.5 Å². The number of fused-ring (bicyclic) bond motifs is 2. The van der Waals surface area contributed by atoms with Gasteiger partial charge in [0.25, 0.3) is 0 Å². The lowest BCUT2D eigenvalue weighted by atomic mass is 10.0. The lowest BCUT2D eigenvalue weighted by molar-refractivity contribution is 0.199. The highest BCUT2D eigenvalue weighted by atomic mass is 35.5. The number of amides is 2. The predicted octanol–water partition coefficient (Wildman–Crippen LogP) is 3.20. The smallest absolute Gasteiger partial charge is 0.319 e. The number of aromatic nitrogens is 1. The van der Waals surface area contributed by atoms with Gasteiger partial charge in [0.05, 0.1) is 6.20 Å². The molecule has 0 saturated carbocycles. The number of halogens is 2. The summed E-state index contributed by atoms with van der Waals surface area (Å²) in [5, 5.41) is 6.35. The van der Waals surface area contributed by atoms with Crippen LogP contribution < -0.4 is 10.6 Å². The topological polar surface area (TPSA) is 57.3 Å². The van der Waals surface area contributed by atoms with E-state index in [2.05, 4.69) is 15.6 Å². The quantitative estimate of drug-likeness (QED) is 0.862. The number of hydrogen-bond acceptors (Lipinski definition) is 3. The number of hydrogen-bond donors (Lipinski definition) is 2. The summed E-state index contributed by atoms with van der Waals surface area (Å²) in [6.45, 7) is 3.58. The Bertz CT molecular complexity index is 800. The first kappa shape index (κ1) is 17.6. The van der Waals surface area contributed by atoms with Gasteiger partial charge in [0.2, 0.25) is 0 Å². The molecule has 2 aromatic rings. The number of carbonyl (C=O) groups is 1. The van der Waals surface area contributed by atoms with Crippen molar-refractivity contribution in [2.24, 2.45) is 0 Å². The molecule has 2 aliphatic heterocycles. The maximum Gasteiger partial charge on any atom is 0.322 e. The van der Waals surface area contributed by atoms with Gasteiger partial charge in [-0.15, -0.1) is 12.4 Å². The van der Waals surface area contributed by atoms with Crippen molar-refractivity contribution in [1.82, 2.24) is 15.2 Å². The van der Waals surface area contributed by atoms with Crippen LogP contribution in [0.25, 0.3) is 11.1 Å². The van der Waals surface area contributed by atoms with Crippen molar-refractivity contribution >= 4 is 24.1 Å². The zero-order valence-corrected chi connectivity index (χ0v) is 14.6. The summed E-state index contributed by atoms with van der Waals surface area (Å²) in [5.41, 5.74) is 3.28. The second kappa shape index (κ2) is 6.98. The molecule has 2 bridgehead atoms.